The minimum absolute atomic E-state index is 0.0178. The average Bonchev–Trinajstić information content (AvgIpc) is 3.22. The van der Waals surface area contributed by atoms with Crippen molar-refractivity contribution < 1.29 is 19.4 Å². The number of aromatic nitrogens is 2. The van der Waals surface area contributed by atoms with Gasteiger partial charge in [0.15, 0.2) is 11.9 Å². The van der Waals surface area contributed by atoms with Gasteiger partial charge >= 0.3 is 5.97 Å². The van der Waals surface area contributed by atoms with Crippen LogP contribution in [0.3, 0.4) is 0 Å². The molecule has 0 aliphatic heterocycles. The van der Waals surface area contributed by atoms with Crippen molar-refractivity contribution in [1.29, 1.82) is 0 Å². The first-order valence-corrected chi connectivity index (χ1v) is 11.1. The number of hydrogen-bond donors (Lipinski definition) is 1. The van der Waals surface area contributed by atoms with Crippen LogP contribution in [-0.4, -0.2) is 32.5 Å². The van der Waals surface area contributed by atoms with Gasteiger partial charge in [0.25, 0.3) is 0 Å². The zero-order valence-corrected chi connectivity index (χ0v) is 19.1. The number of pyridine rings is 1. The summed E-state index contributed by atoms with van der Waals surface area (Å²) in [6.45, 7) is 4.32. The van der Waals surface area contributed by atoms with Crippen molar-refractivity contribution in [3.8, 4) is 0 Å². The molecule has 4 aromatic rings. The van der Waals surface area contributed by atoms with Gasteiger partial charge in [-0.25, -0.2) is 9.78 Å². The molecule has 0 saturated carbocycles. The maximum Gasteiger partial charge on any atom is 0.332 e. The number of ether oxygens (including phenoxy) is 1. The van der Waals surface area contributed by atoms with Crippen LogP contribution in [0.1, 0.15) is 39.5 Å². The lowest BCUT2D eigenvalue weighted by Gasteiger charge is -2.08. The molecule has 6 heteroatoms. The smallest absolute Gasteiger partial charge is 0.332 e. The molecule has 34 heavy (non-hydrogen) atoms. The van der Waals surface area contributed by atoms with Crippen molar-refractivity contribution in [2.24, 2.45) is 0 Å². The molecule has 0 spiro atoms. The number of benzene rings is 2. The molecule has 0 bridgehead atoms. The normalized spacial score (nSPS) is 12.3. The molecular formula is C28H26N2O4. The van der Waals surface area contributed by atoms with Crippen molar-refractivity contribution in [2.45, 2.75) is 33.1 Å². The molecule has 2 heterocycles. The van der Waals surface area contributed by atoms with Crippen LogP contribution in [0.25, 0.3) is 17.1 Å². The van der Waals surface area contributed by atoms with Crippen molar-refractivity contribution in [1.82, 2.24) is 9.55 Å². The molecule has 0 amide bonds. The number of nitrogens with zero attached hydrogens (tertiary/aromatic N) is 2. The molecule has 1 atom stereocenters. The first kappa shape index (κ1) is 23.1. The van der Waals surface area contributed by atoms with Crippen LogP contribution < -0.4 is 0 Å². The molecular weight excluding hydrogens is 428 g/mol. The Hall–Kier alpha value is -4.03. The second-order valence-corrected chi connectivity index (χ2v) is 8.20. The molecule has 172 valence electrons. The Morgan fingerprint density at radius 1 is 1.09 bits per heavy atom. The van der Waals surface area contributed by atoms with E-state index in [4.69, 9.17) is 9.84 Å². The van der Waals surface area contributed by atoms with Crippen LogP contribution in [0.4, 0.5) is 0 Å². The highest BCUT2D eigenvalue weighted by atomic mass is 16.5. The van der Waals surface area contributed by atoms with Crippen LogP contribution in [0.2, 0.25) is 0 Å². The van der Waals surface area contributed by atoms with E-state index in [-0.39, 0.29) is 12.4 Å². The van der Waals surface area contributed by atoms with Gasteiger partial charge < -0.3 is 14.4 Å². The summed E-state index contributed by atoms with van der Waals surface area (Å²) in [6.07, 6.45) is 6.78. The number of rotatable bonds is 9. The van der Waals surface area contributed by atoms with E-state index in [9.17, 15) is 9.59 Å². The molecule has 6 nitrogen and oxygen atoms in total. The second kappa shape index (κ2) is 10.3. The SMILES string of the molecule is Cc1ccc(C(=O)c2cn(C/C=C/c3ccc(CO[C@H](C)C(=O)O)cc3)c3ncccc23)cc1. The van der Waals surface area contributed by atoms with Crippen LogP contribution in [0.15, 0.2) is 79.1 Å². The Bertz CT molecular complexity index is 1340. The lowest BCUT2D eigenvalue weighted by molar-refractivity contribution is -0.149. The standard InChI is InChI=1S/C28H26N2O4/c1-19-7-13-23(14-8-19)26(31)25-17-30(27-24(25)6-3-15-29-27)16-4-5-21-9-11-22(12-10-21)18-34-20(2)28(32)33/h3-15,17,20H,16,18H2,1-2H3,(H,32,33)/b5-4+/t20-/m1/s1. The summed E-state index contributed by atoms with van der Waals surface area (Å²) in [5.41, 5.74) is 5.09. The number of carboxylic acids is 1. The van der Waals surface area contributed by atoms with E-state index in [1.165, 1.54) is 6.92 Å². The summed E-state index contributed by atoms with van der Waals surface area (Å²) < 4.78 is 7.29. The Labute approximate surface area is 198 Å². The quantitative estimate of drug-likeness (QED) is 0.348. The fraction of sp³-hybridized carbons (Fsp3) is 0.179. The number of fused-ring (bicyclic) bond motifs is 1. The third-order valence-electron chi connectivity index (χ3n) is 5.63. The van der Waals surface area contributed by atoms with Crippen molar-refractivity contribution in [3.63, 3.8) is 0 Å². The summed E-state index contributed by atoms with van der Waals surface area (Å²) in [4.78, 5) is 28.5. The van der Waals surface area contributed by atoms with Gasteiger partial charge in [-0.05, 0) is 37.1 Å². The van der Waals surface area contributed by atoms with Gasteiger partial charge in [-0.15, -0.1) is 0 Å². The Balaban J connectivity index is 1.48. The maximum atomic E-state index is 13.1. The molecule has 0 saturated heterocycles. The predicted molar refractivity (Wildman–Crippen MR) is 132 cm³/mol. The van der Waals surface area contributed by atoms with Gasteiger partial charge in [-0.2, -0.15) is 0 Å². The number of ketones is 1. The summed E-state index contributed by atoms with van der Waals surface area (Å²) in [5, 5.41) is 9.74. The first-order chi connectivity index (χ1) is 16.4. The number of carbonyl (C=O) groups excluding carboxylic acids is 1. The fourth-order valence-electron chi connectivity index (χ4n) is 3.62. The number of aliphatic carboxylic acids is 1. The lowest BCUT2D eigenvalue weighted by atomic mass is 10.0. The Morgan fingerprint density at radius 3 is 2.53 bits per heavy atom. The molecule has 0 radical (unpaired) electrons. The van der Waals surface area contributed by atoms with Gasteiger partial charge in [-0.3, -0.25) is 4.79 Å². The largest absolute Gasteiger partial charge is 0.479 e. The summed E-state index contributed by atoms with van der Waals surface area (Å²) in [5.74, 6) is -0.994. The van der Waals surface area contributed by atoms with E-state index < -0.39 is 12.1 Å². The van der Waals surface area contributed by atoms with Crippen LogP contribution >= 0.6 is 0 Å². The fourth-order valence-corrected chi connectivity index (χ4v) is 3.62. The van der Waals surface area contributed by atoms with Crippen molar-refractivity contribution in [2.75, 3.05) is 0 Å². The average molecular weight is 455 g/mol. The maximum absolute atomic E-state index is 13.1. The monoisotopic (exact) mass is 454 g/mol. The van der Waals surface area contributed by atoms with E-state index in [1.54, 1.807) is 6.20 Å². The molecule has 0 unspecified atom stereocenters. The topological polar surface area (TPSA) is 81.4 Å². The third-order valence-corrected chi connectivity index (χ3v) is 5.63. The van der Waals surface area contributed by atoms with E-state index in [2.05, 4.69) is 4.98 Å². The number of allylic oxidation sites excluding steroid dienone is 1. The molecule has 0 fully saturated rings. The number of carbonyl (C=O) groups is 2. The van der Waals surface area contributed by atoms with Gasteiger partial charge in [0.1, 0.15) is 5.65 Å². The van der Waals surface area contributed by atoms with Gasteiger partial charge in [-0.1, -0.05) is 66.2 Å². The molecule has 2 aromatic carbocycles. The summed E-state index contributed by atoms with van der Waals surface area (Å²) >= 11 is 0. The molecule has 0 aliphatic rings. The van der Waals surface area contributed by atoms with Crippen LogP contribution in [-0.2, 0) is 22.7 Å². The Kier molecular flexibility index (Phi) is 6.99. The number of aryl methyl sites for hydroxylation is 1. The third kappa shape index (κ3) is 5.30. The lowest BCUT2D eigenvalue weighted by Crippen LogP contribution is -2.19. The van der Waals surface area contributed by atoms with E-state index in [0.29, 0.717) is 17.7 Å². The zero-order chi connectivity index (χ0) is 24.1. The van der Waals surface area contributed by atoms with Crippen molar-refractivity contribution in [3.05, 3.63) is 107 Å². The van der Waals surface area contributed by atoms with Crippen LogP contribution in [0, 0.1) is 6.92 Å². The van der Waals surface area contributed by atoms with E-state index >= 15 is 0 Å². The highest BCUT2D eigenvalue weighted by Crippen LogP contribution is 2.23. The summed E-state index contributed by atoms with van der Waals surface area (Å²) in [6, 6.07) is 19.1. The minimum atomic E-state index is -0.977. The summed E-state index contributed by atoms with van der Waals surface area (Å²) in [7, 11) is 0. The highest BCUT2D eigenvalue weighted by Gasteiger charge is 2.17. The van der Waals surface area contributed by atoms with E-state index in [0.717, 1.165) is 27.7 Å². The number of hydrogen-bond acceptors (Lipinski definition) is 4. The zero-order valence-electron chi connectivity index (χ0n) is 19.1. The molecule has 0 aliphatic carbocycles. The molecule has 4 rings (SSSR count). The second-order valence-electron chi connectivity index (χ2n) is 8.20. The minimum Gasteiger partial charge on any atom is -0.479 e. The van der Waals surface area contributed by atoms with Gasteiger partial charge in [0, 0.05) is 35.5 Å². The predicted octanol–water partition coefficient (Wildman–Crippen LogP) is 5.28. The Morgan fingerprint density at radius 2 is 1.82 bits per heavy atom. The van der Waals surface area contributed by atoms with E-state index in [1.807, 2.05) is 90.5 Å². The molecule has 1 N–H and O–H groups in total. The van der Waals surface area contributed by atoms with Crippen molar-refractivity contribution >= 4 is 28.9 Å². The molecule has 2 aromatic heterocycles. The van der Waals surface area contributed by atoms with Gasteiger partial charge in [0.2, 0.25) is 0 Å². The highest BCUT2D eigenvalue weighted by molar-refractivity contribution is 6.16. The van der Waals surface area contributed by atoms with Gasteiger partial charge in [0.05, 0.1) is 6.61 Å². The van der Waals surface area contributed by atoms with Crippen LogP contribution in [0.5, 0.6) is 0 Å². The number of carboxylic acid groups (broad SMARTS) is 1. The first-order valence-electron chi connectivity index (χ1n) is 11.1.